The molecule has 1 heterocycles. The lowest BCUT2D eigenvalue weighted by Crippen LogP contribution is -2.18. The minimum Gasteiger partial charge on any atom is -0.396 e. The van der Waals surface area contributed by atoms with Gasteiger partial charge in [0.1, 0.15) is 0 Å². The first kappa shape index (κ1) is 14.0. The Morgan fingerprint density at radius 2 is 1.89 bits per heavy atom. The Balaban J connectivity index is 1.82. The highest BCUT2D eigenvalue weighted by Crippen LogP contribution is 2.15. The molecule has 0 atom stereocenters. The van der Waals surface area contributed by atoms with Crippen molar-refractivity contribution >= 4 is 11.6 Å². The Morgan fingerprint density at radius 1 is 1.21 bits per heavy atom. The molecule has 104 valence electrons. The third-order valence-corrected chi connectivity index (χ3v) is 3.40. The molecule has 1 fully saturated rings. The number of amides is 1. The first-order chi connectivity index (χ1) is 9.28. The normalized spacial score (nSPS) is 15.6. The van der Waals surface area contributed by atoms with Crippen molar-refractivity contribution in [2.24, 2.45) is 0 Å². The summed E-state index contributed by atoms with van der Waals surface area (Å²) in [5.41, 5.74) is 2.11. The first-order valence-electron chi connectivity index (χ1n) is 7.00. The highest BCUT2D eigenvalue weighted by molar-refractivity contribution is 5.90. The van der Waals surface area contributed by atoms with E-state index in [1.807, 2.05) is 12.1 Å². The monoisotopic (exact) mass is 262 g/mol. The van der Waals surface area contributed by atoms with Gasteiger partial charge in [-0.25, -0.2) is 0 Å². The molecule has 1 aliphatic heterocycles. The minimum absolute atomic E-state index is 0.0404. The number of carbonyl (C=O) groups is 1. The van der Waals surface area contributed by atoms with Crippen LogP contribution >= 0.6 is 0 Å². The predicted octanol–water partition coefficient (Wildman–Crippen LogP) is 1.99. The maximum absolute atomic E-state index is 11.5. The van der Waals surface area contributed by atoms with E-state index in [4.69, 9.17) is 5.11 Å². The van der Waals surface area contributed by atoms with Crippen molar-refractivity contribution in [3.63, 3.8) is 0 Å². The molecule has 0 aliphatic carbocycles. The number of rotatable bonds is 6. The summed E-state index contributed by atoms with van der Waals surface area (Å²) in [7, 11) is 0. The molecule has 0 bridgehead atoms. The largest absolute Gasteiger partial charge is 0.396 e. The third-order valence-electron chi connectivity index (χ3n) is 3.40. The van der Waals surface area contributed by atoms with Crippen LogP contribution in [-0.4, -0.2) is 35.6 Å². The van der Waals surface area contributed by atoms with E-state index in [2.05, 4.69) is 22.3 Å². The number of benzene rings is 1. The van der Waals surface area contributed by atoms with Gasteiger partial charge >= 0.3 is 0 Å². The number of aliphatic hydroxyl groups excluding tert-OH is 1. The second kappa shape index (κ2) is 7.26. The molecule has 19 heavy (non-hydrogen) atoms. The van der Waals surface area contributed by atoms with E-state index in [1.165, 1.54) is 31.5 Å². The van der Waals surface area contributed by atoms with Gasteiger partial charge in [-0.15, -0.1) is 0 Å². The van der Waals surface area contributed by atoms with Gasteiger partial charge in [0.05, 0.1) is 0 Å². The Kier molecular flexibility index (Phi) is 5.36. The summed E-state index contributed by atoms with van der Waals surface area (Å²) in [4.78, 5) is 14.0. The standard InChI is InChI=1S/C15H22N2O2/c18-11-3-4-15(19)16-14-7-5-13(6-8-14)12-17-9-1-2-10-17/h5-8,18H,1-4,9-12H2,(H,16,19). The quantitative estimate of drug-likeness (QED) is 0.824. The fraction of sp³-hybridized carbons (Fsp3) is 0.533. The molecular weight excluding hydrogens is 240 g/mol. The minimum atomic E-state index is -0.0404. The summed E-state index contributed by atoms with van der Waals surface area (Å²) in [5, 5.41) is 11.5. The van der Waals surface area contributed by atoms with Gasteiger partial charge in [0.25, 0.3) is 0 Å². The summed E-state index contributed by atoms with van der Waals surface area (Å²) >= 11 is 0. The number of anilines is 1. The maximum Gasteiger partial charge on any atom is 0.224 e. The van der Waals surface area contributed by atoms with Crippen LogP contribution < -0.4 is 5.32 Å². The highest BCUT2D eigenvalue weighted by Gasteiger charge is 2.11. The van der Waals surface area contributed by atoms with Crippen LogP contribution in [0.3, 0.4) is 0 Å². The van der Waals surface area contributed by atoms with E-state index in [0.29, 0.717) is 12.8 Å². The SMILES string of the molecule is O=C(CCCO)Nc1ccc(CN2CCCC2)cc1. The van der Waals surface area contributed by atoms with E-state index >= 15 is 0 Å². The Bertz CT molecular complexity index is 397. The van der Waals surface area contributed by atoms with Gasteiger partial charge in [0.2, 0.25) is 5.91 Å². The van der Waals surface area contributed by atoms with Crippen molar-refractivity contribution < 1.29 is 9.90 Å². The van der Waals surface area contributed by atoms with Crippen LogP contribution in [0, 0.1) is 0 Å². The van der Waals surface area contributed by atoms with Crippen LogP contribution in [0.1, 0.15) is 31.2 Å². The van der Waals surface area contributed by atoms with Crippen LogP contribution in [0.4, 0.5) is 5.69 Å². The number of hydrogen-bond donors (Lipinski definition) is 2. The van der Waals surface area contributed by atoms with Gasteiger partial charge < -0.3 is 10.4 Å². The molecule has 1 saturated heterocycles. The molecule has 1 aromatic carbocycles. The molecular formula is C15H22N2O2. The van der Waals surface area contributed by atoms with Crippen molar-refractivity contribution in [2.45, 2.75) is 32.2 Å². The highest BCUT2D eigenvalue weighted by atomic mass is 16.3. The summed E-state index contributed by atoms with van der Waals surface area (Å²) in [5.74, 6) is -0.0404. The van der Waals surface area contributed by atoms with Gasteiger partial charge in [-0.2, -0.15) is 0 Å². The Morgan fingerprint density at radius 3 is 2.53 bits per heavy atom. The Labute approximate surface area is 114 Å². The lowest BCUT2D eigenvalue weighted by Gasteiger charge is -2.14. The molecule has 2 rings (SSSR count). The molecule has 0 saturated carbocycles. The summed E-state index contributed by atoms with van der Waals surface area (Å²) in [6.45, 7) is 3.44. The summed E-state index contributed by atoms with van der Waals surface area (Å²) < 4.78 is 0. The number of aliphatic hydroxyl groups is 1. The first-order valence-corrected chi connectivity index (χ1v) is 7.00. The van der Waals surface area contributed by atoms with Crippen molar-refractivity contribution in [3.8, 4) is 0 Å². The second-order valence-corrected chi connectivity index (χ2v) is 5.06. The van der Waals surface area contributed by atoms with Crippen LogP contribution in [-0.2, 0) is 11.3 Å². The van der Waals surface area contributed by atoms with Crippen LogP contribution in [0.5, 0.6) is 0 Å². The van der Waals surface area contributed by atoms with Crippen molar-refractivity contribution in [3.05, 3.63) is 29.8 Å². The molecule has 1 aromatic rings. The van der Waals surface area contributed by atoms with Gasteiger partial charge in [0.15, 0.2) is 0 Å². The topological polar surface area (TPSA) is 52.6 Å². The van der Waals surface area contributed by atoms with E-state index in [9.17, 15) is 4.79 Å². The van der Waals surface area contributed by atoms with Crippen molar-refractivity contribution in [1.82, 2.24) is 4.90 Å². The smallest absolute Gasteiger partial charge is 0.224 e. The number of hydrogen-bond acceptors (Lipinski definition) is 3. The molecule has 0 unspecified atom stereocenters. The Hall–Kier alpha value is -1.39. The average Bonchev–Trinajstić information content (AvgIpc) is 2.91. The van der Waals surface area contributed by atoms with Gasteiger partial charge in [-0.1, -0.05) is 12.1 Å². The number of carbonyl (C=O) groups excluding carboxylic acids is 1. The van der Waals surface area contributed by atoms with Crippen LogP contribution in [0.2, 0.25) is 0 Å². The van der Waals surface area contributed by atoms with Gasteiger partial charge in [0, 0.05) is 25.3 Å². The fourth-order valence-electron chi connectivity index (χ4n) is 2.36. The van der Waals surface area contributed by atoms with E-state index in [1.54, 1.807) is 0 Å². The molecule has 0 aromatic heterocycles. The molecule has 4 nitrogen and oxygen atoms in total. The zero-order chi connectivity index (χ0) is 13.5. The lowest BCUT2D eigenvalue weighted by atomic mass is 10.2. The predicted molar refractivity (Wildman–Crippen MR) is 75.9 cm³/mol. The molecule has 0 spiro atoms. The molecule has 1 aliphatic rings. The molecule has 4 heteroatoms. The molecule has 0 radical (unpaired) electrons. The summed E-state index contributed by atoms with van der Waals surface area (Å²) in [6, 6.07) is 8.03. The van der Waals surface area contributed by atoms with Gasteiger partial charge in [-0.05, 0) is 50.0 Å². The van der Waals surface area contributed by atoms with Gasteiger partial charge in [-0.3, -0.25) is 9.69 Å². The van der Waals surface area contributed by atoms with Crippen LogP contribution in [0.25, 0.3) is 0 Å². The van der Waals surface area contributed by atoms with E-state index < -0.39 is 0 Å². The zero-order valence-corrected chi connectivity index (χ0v) is 11.3. The maximum atomic E-state index is 11.5. The number of nitrogens with zero attached hydrogens (tertiary/aromatic N) is 1. The fourth-order valence-corrected chi connectivity index (χ4v) is 2.36. The number of likely N-dealkylation sites (tertiary alicyclic amines) is 1. The summed E-state index contributed by atoms with van der Waals surface area (Å²) in [6.07, 6.45) is 3.49. The third kappa shape index (κ3) is 4.65. The average molecular weight is 262 g/mol. The van der Waals surface area contributed by atoms with Crippen molar-refractivity contribution in [1.29, 1.82) is 0 Å². The van der Waals surface area contributed by atoms with Crippen molar-refractivity contribution in [2.75, 3.05) is 25.0 Å². The molecule has 2 N–H and O–H groups in total. The van der Waals surface area contributed by atoms with Crippen LogP contribution in [0.15, 0.2) is 24.3 Å². The second-order valence-electron chi connectivity index (χ2n) is 5.06. The van der Waals surface area contributed by atoms with E-state index in [-0.39, 0.29) is 12.5 Å². The zero-order valence-electron chi connectivity index (χ0n) is 11.3. The number of nitrogens with one attached hydrogen (secondary N) is 1. The molecule has 1 amide bonds. The lowest BCUT2D eigenvalue weighted by molar-refractivity contribution is -0.116. The van der Waals surface area contributed by atoms with E-state index in [0.717, 1.165) is 12.2 Å².